The number of amides is 1. The zero-order valence-corrected chi connectivity index (χ0v) is 9.74. The van der Waals surface area contributed by atoms with E-state index in [4.69, 9.17) is 0 Å². The highest BCUT2D eigenvalue weighted by Crippen LogP contribution is 2.21. The molecule has 78 valence electrons. The van der Waals surface area contributed by atoms with Crippen LogP contribution in [-0.2, 0) is 9.59 Å². The molecule has 0 saturated carbocycles. The Kier molecular flexibility index (Phi) is 2.56. The van der Waals surface area contributed by atoms with Crippen molar-refractivity contribution in [2.24, 2.45) is 0 Å². The molecule has 5 heteroatoms. The summed E-state index contributed by atoms with van der Waals surface area (Å²) in [5.41, 5.74) is 0.999. The number of pyridine rings is 1. The maximum atomic E-state index is 11.5. The Labute approximate surface area is 95.4 Å². The maximum absolute atomic E-state index is 11.5. The number of hydrogen-bond acceptors (Lipinski definition) is 3. The summed E-state index contributed by atoms with van der Waals surface area (Å²) in [5, 5.41) is 0. The predicted molar refractivity (Wildman–Crippen MR) is 58.7 cm³/mol. The van der Waals surface area contributed by atoms with Crippen LogP contribution >= 0.6 is 15.9 Å². The average molecular weight is 269 g/mol. The molecule has 0 spiro atoms. The van der Waals surface area contributed by atoms with Crippen LogP contribution in [0.5, 0.6) is 0 Å². The van der Waals surface area contributed by atoms with Gasteiger partial charge in [-0.25, -0.2) is 4.98 Å². The molecule has 4 nitrogen and oxygen atoms in total. The molecule has 0 N–H and O–H groups in total. The molecule has 0 aliphatic carbocycles. The van der Waals surface area contributed by atoms with Crippen molar-refractivity contribution in [1.82, 2.24) is 4.98 Å². The quantitative estimate of drug-likeness (QED) is 0.573. The van der Waals surface area contributed by atoms with Gasteiger partial charge in [-0.05, 0) is 40.5 Å². The highest BCUT2D eigenvalue weighted by molar-refractivity contribution is 9.10. The van der Waals surface area contributed by atoms with Gasteiger partial charge in [-0.2, -0.15) is 0 Å². The van der Waals surface area contributed by atoms with Crippen molar-refractivity contribution in [3.63, 3.8) is 0 Å². The molecule has 1 saturated heterocycles. The molecular weight excluding hydrogens is 260 g/mol. The van der Waals surface area contributed by atoms with Crippen LogP contribution in [0, 0.1) is 6.92 Å². The number of anilines is 1. The zero-order valence-electron chi connectivity index (χ0n) is 8.16. The zero-order chi connectivity index (χ0) is 11.0. The Morgan fingerprint density at radius 3 is 2.67 bits per heavy atom. The fourth-order valence-corrected chi connectivity index (χ4v) is 2.08. The molecule has 15 heavy (non-hydrogen) atoms. The normalized spacial score (nSPS) is 16.3. The van der Waals surface area contributed by atoms with Gasteiger partial charge in [-0.15, -0.1) is 0 Å². The number of ketones is 1. The van der Waals surface area contributed by atoms with E-state index >= 15 is 0 Å². The van der Waals surface area contributed by atoms with Crippen molar-refractivity contribution in [1.29, 1.82) is 0 Å². The number of halogens is 1. The van der Waals surface area contributed by atoms with Crippen molar-refractivity contribution in [2.45, 2.75) is 13.3 Å². The highest BCUT2D eigenvalue weighted by atomic mass is 79.9. The summed E-state index contributed by atoms with van der Waals surface area (Å²) < 4.78 is 0.671. The van der Waals surface area contributed by atoms with E-state index in [0.29, 0.717) is 10.4 Å². The molecule has 2 rings (SSSR count). The molecule has 0 bridgehead atoms. The van der Waals surface area contributed by atoms with Gasteiger partial charge in [0.05, 0.1) is 13.0 Å². The van der Waals surface area contributed by atoms with Crippen molar-refractivity contribution in [3.05, 3.63) is 22.3 Å². The summed E-state index contributed by atoms with van der Waals surface area (Å²) in [6.45, 7) is 2.06. The summed E-state index contributed by atoms with van der Waals surface area (Å²) in [7, 11) is 0. The first-order valence-electron chi connectivity index (χ1n) is 4.52. The summed E-state index contributed by atoms with van der Waals surface area (Å²) >= 11 is 3.26. The summed E-state index contributed by atoms with van der Waals surface area (Å²) in [5.74, 6) is 0.308. The lowest BCUT2D eigenvalue weighted by atomic mass is 10.3. The van der Waals surface area contributed by atoms with Crippen molar-refractivity contribution < 1.29 is 9.59 Å². The molecule has 0 unspecified atom stereocenters. The Balaban J connectivity index is 2.37. The van der Waals surface area contributed by atoms with E-state index in [2.05, 4.69) is 20.9 Å². The second-order valence-electron chi connectivity index (χ2n) is 3.52. The van der Waals surface area contributed by atoms with E-state index in [1.807, 2.05) is 13.0 Å². The lowest BCUT2D eigenvalue weighted by molar-refractivity contribution is -0.121. The van der Waals surface area contributed by atoms with Gasteiger partial charge >= 0.3 is 0 Å². The van der Waals surface area contributed by atoms with E-state index in [1.165, 1.54) is 4.90 Å². The number of carbonyl (C=O) groups excluding carboxylic acids is 2. The first-order valence-corrected chi connectivity index (χ1v) is 5.32. The van der Waals surface area contributed by atoms with E-state index in [1.54, 1.807) is 6.07 Å². The fourth-order valence-electron chi connectivity index (χ4n) is 1.54. The first kappa shape index (κ1) is 10.3. The molecule has 1 aliphatic rings. The monoisotopic (exact) mass is 268 g/mol. The SMILES string of the molecule is Cc1cc(Br)nc(N2CC(=O)CC2=O)c1. The van der Waals surface area contributed by atoms with Gasteiger partial charge in [0.2, 0.25) is 5.91 Å². The maximum Gasteiger partial charge on any atom is 0.236 e. The van der Waals surface area contributed by atoms with E-state index in [-0.39, 0.29) is 24.7 Å². The van der Waals surface area contributed by atoms with E-state index in [0.717, 1.165) is 5.56 Å². The van der Waals surface area contributed by atoms with Crippen LogP contribution in [0.25, 0.3) is 0 Å². The lowest BCUT2D eigenvalue weighted by Crippen LogP contribution is -2.25. The Bertz CT molecular complexity index is 425. The van der Waals surface area contributed by atoms with Gasteiger partial charge < -0.3 is 0 Å². The summed E-state index contributed by atoms with van der Waals surface area (Å²) in [4.78, 5) is 28.1. The topological polar surface area (TPSA) is 50.3 Å². The van der Waals surface area contributed by atoms with Crippen LogP contribution in [0.4, 0.5) is 5.82 Å². The van der Waals surface area contributed by atoms with Gasteiger partial charge in [0.1, 0.15) is 10.4 Å². The van der Waals surface area contributed by atoms with E-state index < -0.39 is 0 Å². The molecule has 0 aromatic carbocycles. The van der Waals surface area contributed by atoms with Gasteiger partial charge in [-0.3, -0.25) is 14.5 Å². The number of Topliss-reactive ketones (excluding diaryl/α,β-unsaturated/α-hetero) is 1. The summed E-state index contributed by atoms with van der Waals surface area (Å²) in [6, 6.07) is 3.65. The number of aryl methyl sites for hydroxylation is 1. The smallest absolute Gasteiger partial charge is 0.236 e. The minimum Gasteiger partial charge on any atom is -0.297 e. The summed E-state index contributed by atoms with van der Waals surface area (Å²) in [6.07, 6.45) is -0.00671. The second kappa shape index (κ2) is 3.73. The number of hydrogen-bond donors (Lipinski definition) is 0. The number of rotatable bonds is 1. The van der Waals surface area contributed by atoms with Crippen molar-refractivity contribution in [3.8, 4) is 0 Å². The van der Waals surface area contributed by atoms with Gasteiger partial charge in [-0.1, -0.05) is 0 Å². The van der Waals surface area contributed by atoms with Crippen LogP contribution in [0.2, 0.25) is 0 Å². The molecular formula is C10H9BrN2O2. The lowest BCUT2D eigenvalue weighted by Gasteiger charge is -2.14. The fraction of sp³-hybridized carbons (Fsp3) is 0.300. The standard InChI is InChI=1S/C10H9BrN2O2/c1-6-2-8(11)12-9(3-6)13-5-7(14)4-10(13)15/h2-3H,4-5H2,1H3. The predicted octanol–water partition coefficient (Wildman–Crippen LogP) is 1.46. The molecule has 1 aromatic rings. The molecule has 0 radical (unpaired) electrons. The van der Waals surface area contributed by atoms with Crippen LogP contribution in [0.15, 0.2) is 16.7 Å². The number of carbonyl (C=O) groups is 2. The third-order valence-corrected chi connectivity index (χ3v) is 2.59. The van der Waals surface area contributed by atoms with Crippen LogP contribution < -0.4 is 4.90 Å². The number of aromatic nitrogens is 1. The largest absolute Gasteiger partial charge is 0.297 e. The van der Waals surface area contributed by atoms with Crippen LogP contribution in [0.3, 0.4) is 0 Å². The highest BCUT2D eigenvalue weighted by Gasteiger charge is 2.29. The molecule has 1 aromatic heterocycles. The second-order valence-corrected chi connectivity index (χ2v) is 4.33. The Hall–Kier alpha value is -1.23. The minimum atomic E-state index is -0.176. The molecule has 2 heterocycles. The average Bonchev–Trinajstić information content (AvgIpc) is 2.43. The molecule has 1 amide bonds. The Morgan fingerprint density at radius 2 is 2.13 bits per heavy atom. The van der Waals surface area contributed by atoms with Gasteiger partial charge in [0, 0.05) is 0 Å². The third-order valence-electron chi connectivity index (χ3n) is 2.19. The van der Waals surface area contributed by atoms with E-state index in [9.17, 15) is 9.59 Å². The van der Waals surface area contributed by atoms with Crippen LogP contribution in [0.1, 0.15) is 12.0 Å². The molecule has 0 atom stereocenters. The first-order chi connectivity index (χ1) is 7.06. The Morgan fingerprint density at radius 1 is 1.40 bits per heavy atom. The molecule has 1 aliphatic heterocycles. The molecule has 1 fully saturated rings. The minimum absolute atomic E-state index is 0.00671. The van der Waals surface area contributed by atoms with Crippen molar-refractivity contribution in [2.75, 3.05) is 11.4 Å². The van der Waals surface area contributed by atoms with Gasteiger partial charge in [0.15, 0.2) is 5.78 Å². The third kappa shape index (κ3) is 2.07. The number of nitrogens with zero attached hydrogens (tertiary/aromatic N) is 2. The van der Waals surface area contributed by atoms with Gasteiger partial charge in [0.25, 0.3) is 0 Å². The van der Waals surface area contributed by atoms with Crippen molar-refractivity contribution >= 4 is 33.4 Å². The van der Waals surface area contributed by atoms with Crippen LogP contribution in [-0.4, -0.2) is 23.2 Å².